The van der Waals surface area contributed by atoms with Crippen molar-refractivity contribution in [1.29, 1.82) is 0 Å². The number of hydrogen-bond acceptors (Lipinski definition) is 4. The molecule has 6 heteroatoms. The summed E-state index contributed by atoms with van der Waals surface area (Å²) in [5, 5.41) is 5.13. The van der Waals surface area contributed by atoms with Gasteiger partial charge in [0.15, 0.2) is 4.96 Å². The lowest BCUT2D eigenvalue weighted by atomic mass is 9.90. The lowest BCUT2D eigenvalue weighted by molar-refractivity contribution is 0.103. The number of anilines is 1. The third kappa shape index (κ3) is 2.17. The van der Waals surface area contributed by atoms with E-state index in [1.807, 2.05) is 34.2 Å². The summed E-state index contributed by atoms with van der Waals surface area (Å²) in [4.78, 5) is 19.9. The first-order valence-electron chi connectivity index (χ1n) is 8.07. The lowest BCUT2D eigenvalue weighted by Gasteiger charge is -2.19. The molecule has 0 saturated carbocycles. The number of nitrogens with one attached hydrogen (secondary N) is 1. The number of hydrogen-bond donors (Lipinski definition) is 1. The number of aromatic nitrogens is 2. The average Bonchev–Trinajstić information content (AvgIpc) is 3.27. The predicted octanol–water partition coefficient (Wildman–Crippen LogP) is 4.74. The first-order chi connectivity index (χ1) is 11.8. The Morgan fingerprint density at radius 2 is 2.17 bits per heavy atom. The fourth-order valence-corrected chi connectivity index (χ4v) is 5.14. The van der Waals surface area contributed by atoms with Gasteiger partial charge in [0, 0.05) is 17.3 Å². The summed E-state index contributed by atoms with van der Waals surface area (Å²) in [7, 11) is 0. The molecule has 0 spiro atoms. The first-order valence-corrected chi connectivity index (χ1v) is 9.76. The van der Waals surface area contributed by atoms with Crippen LogP contribution in [0.1, 0.15) is 33.6 Å². The summed E-state index contributed by atoms with van der Waals surface area (Å²) < 4.78 is 2.04. The lowest BCUT2D eigenvalue weighted by Crippen LogP contribution is -2.14. The Balaban J connectivity index is 1.49. The van der Waals surface area contributed by atoms with Gasteiger partial charge in [-0.05, 0) is 48.9 Å². The molecule has 5 rings (SSSR count). The second-order valence-corrected chi connectivity index (χ2v) is 7.98. The molecule has 0 radical (unpaired) electrons. The quantitative estimate of drug-likeness (QED) is 0.566. The van der Waals surface area contributed by atoms with Crippen molar-refractivity contribution < 1.29 is 4.79 Å². The van der Waals surface area contributed by atoms with Gasteiger partial charge in [-0.3, -0.25) is 9.20 Å². The fraction of sp³-hybridized carbons (Fsp3) is 0.222. The van der Waals surface area contributed by atoms with Crippen LogP contribution in [0, 0.1) is 0 Å². The van der Waals surface area contributed by atoms with Crippen molar-refractivity contribution in [2.24, 2.45) is 0 Å². The minimum absolute atomic E-state index is 0.0408. The van der Waals surface area contributed by atoms with Gasteiger partial charge >= 0.3 is 0 Å². The molecule has 0 unspecified atom stereocenters. The molecular weight excluding hydrogens is 338 g/mol. The second-order valence-electron chi connectivity index (χ2n) is 6.07. The standard InChI is InChI=1S/C18H15N3OS2/c22-16(19-13-7-3-5-11-4-1-2-6-12(11)13)15-10-14-17(24-15)20-18-21(14)8-9-23-18/h3,5,7-10H,1-2,4,6H2,(H,19,22). The van der Waals surface area contributed by atoms with E-state index in [1.54, 1.807) is 11.3 Å². The number of benzene rings is 1. The Morgan fingerprint density at radius 3 is 3.12 bits per heavy atom. The molecule has 4 aromatic rings. The third-order valence-corrected chi connectivity index (χ3v) is 6.38. The van der Waals surface area contributed by atoms with Crippen LogP contribution in [0.15, 0.2) is 35.8 Å². The van der Waals surface area contributed by atoms with Gasteiger partial charge in [0.2, 0.25) is 0 Å². The van der Waals surface area contributed by atoms with Crippen LogP contribution < -0.4 is 5.32 Å². The van der Waals surface area contributed by atoms with Gasteiger partial charge < -0.3 is 5.32 Å². The van der Waals surface area contributed by atoms with E-state index in [9.17, 15) is 4.79 Å². The zero-order chi connectivity index (χ0) is 16.1. The molecule has 1 N–H and O–H groups in total. The highest BCUT2D eigenvalue weighted by molar-refractivity contribution is 7.21. The number of carbonyl (C=O) groups is 1. The minimum Gasteiger partial charge on any atom is -0.321 e. The van der Waals surface area contributed by atoms with E-state index in [0.717, 1.165) is 33.8 Å². The van der Waals surface area contributed by atoms with Crippen LogP contribution in [0.3, 0.4) is 0 Å². The maximum atomic E-state index is 12.7. The van der Waals surface area contributed by atoms with Gasteiger partial charge in [-0.25, -0.2) is 4.98 Å². The number of amides is 1. The number of aryl methyl sites for hydroxylation is 1. The smallest absolute Gasteiger partial charge is 0.265 e. The van der Waals surface area contributed by atoms with Crippen LogP contribution in [-0.4, -0.2) is 15.3 Å². The van der Waals surface area contributed by atoms with Crippen LogP contribution in [0.25, 0.3) is 15.3 Å². The Hall–Kier alpha value is -2.18. The normalized spacial score (nSPS) is 14.2. The van der Waals surface area contributed by atoms with Crippen LogP contribution in [0.5, 0.6) is 0 Å². The van der Waals surface area contributed by atoms with Crippen molar-refractivity contribution >= 4 is 49.6 Å². The van der Waals surface area contributed by atoms with Crippen LogP contribution in [0.2, 0.25) is 0 Å². The van der Waals surface area contributed by atoms with E-state index < -0.39 is 0 Å². The topological polar surface area (TPSA) is 46.4 Å². The highest BCUT2D eigenvalue weighted by Gasteiger charge is 2.18. The minimum atomic E-state index is -0.0408. The average molecular weight is 353 g/mol. The SMILES string of the molecule is O=C(Nc1cccc2c1CCCC2)c1cc2c(nc3sccn32)s1. The van der Waals surface area contributed by atoms with E-state index >= 15 is 0 Å². The van der Waals surface area contributed by atoms with Crippen molar-refractivity contribution in [2.75, 3.05) is 5.32 Å². The number of nitrogens with zero attached hydrogens (tertiary/aromatic N) is 2. The Morgan fingerprint density at radius 1 is 1.25 bits per heavy atom. The zero-order valence-electron chi connectivity index (χ0n) is 12.9. The highest BCUT2D eigenvalue weighted by Crippen LogP contribution is 2.31. The van der Waals surface area contributed by atoms with Gasteiger partial charge in [-0.2, -0.15) is 0 Å². The first kappa shape index (κ1) is 14.2. The van der Waals surface area contributed by atoms with E-state index in [4.69, 9.17) is 0 Å². The number of fused-ring (bicyclic) bond motifs is 4. The van der Waals surface area contributed by atoms with E-state index in [2.05, 4.69) is 16.4 Å². The van der Waals surface area contributed by atoms with Crippen LogP contribution in [0.4, 0.5) is 5.69 Å². The molecule has 0 saturated heterocycles. The Bertz CT molecular complexity index is 1070. The van der Waals surface area contributed by atoms with E-state index in [0.29, 0.717) is 4.88 Å². The van der Waals surface area contributed by atoms with Crippen molar-refractivity contribution in [3.8, 4) is 0 Å². The van der Waals surface area contributed by atoms with Crippen LogP contribution in [-0.2, 0) is 12.8 Å². The molecular formula is C18H15N3OS2. The maximum absolute atomic E-state index is 12.7. The van der Waals surface area contributed by atoms with Gasteiger partial charge in [-0.1, -0.05) is 12.1 Å². The number of rotatable bonds is 2. The molecule has 24 heavy (non-hydrogen) atoms. The van der Waals surface area contributed by atoms with Crippen molar-refractivity contribution in [3.05, 3.63) is 51.8 Å². The molecule has 0 bridgehead atoms. The zero-order valence-corrected chi connectivity index (χ0v) is 14.5. The number of thiazole rings is 1. The second kappa shape index (κ2) is 5.43. The summed E-state index contributed by atoms with van der Waals surface area (Å²) in [5.74, 6) is -0.0408. The molecule has 4 nitrogen and oxygen atoms in total. The molecule has 0 atom stereocenters. The maximum Gasteiger partial charge on any atom is 0.265 e. The third-order valence-electron chi connectivity index (χ3n) is 4.61. The molecule has 3 heterocycles. The number of thiophene rings is 1. The summed E-state index contributed by atoms with van der Waals surface area (Å²) in [5.41, 5.74) is 4.66. The predicted molar refractivity (Wildman–Crippen MR) is 99.5 cm³/mol. The Kier molecular flexibility index (Phi) is 3.21. The molecule has 3 aromatic heterocycles. The molecule has 1 amide bonds. The molecule has 1 aliphatic rings. The summed E-state index contributed by atoms with van der Waals surface area (Å²) in [6.07, 6.45) is 6.60. The number of imidazole rings is 1. The fourth-order valence-electron chi connectivity index (χ4n) is 3.44. The monoisotopic (exact) mass is 353 g/mol. The molecule has 0 fully saturated rings. The van der Waals surface area contributed by atoms with Crippen molar-refractivity contribution in [1.82, 2.24) is 9.38 Å². The van der Waals surface area contributed by atoms with Gasteiger partial charge in [0.25, 0.3) is 5.91 Å². The van der Waals surface area contributed by atoms with Gasteiger partial charge in [-0.15, -0.1) is 22.7 Å². The highest BCUT2D eigenvalue weighted by atomic mass is 32.1. The molecule has 1 aromatic carbocycles. The summed E-state index contributed by atoms with van der Waals surface area (Å²) >= 11 is 3.06. The van der Waals surface area contributed by atoms with Gasteiger partial charge in [0.05, 0.1) is 10.4 Å². The molecule has 120 valence electrons. The Labute approximate surface area is 146 Å². The molecule has 1 aliphatic carbocycles. The van der Waals surface area contributed by atoms with E-state index in [-0.39, 0.29) is 5.91 Å². The van der Waals surface area contributed by atoms with Crippen LogP contribution >= 0.6 is 22.7 Å². The largest absolute Gasteiger partial charge is 0.321 e. The number of carbonyl (C=O) groups excluding carboxylic acids is 1. The van der Waals surface area contributed by atoms with Crippen molar-refractivity contribution in [3.63, 3.8) is 0 Å². The van der Waals surface area contributed by atoms with Gasteiger partial charge in [0.1, 0.15) is 4.83 Å². The summed E-state index contributed by atoms with van der Waals surface area (Å²) in [6, 6.07) is 8.17. The molecule has 0 aliphatic heterocycles. The van der Waals surface area contributed by atoms with Crippen molar-refractivity contribution in [2.45, 2.75) is 25.7 Å². The summed E-state index contributed by atoms with van der Waals surface area (Å²) in [6.45, 7) is 0. The van der Waals surface area contributed by atoms with E-state index in [1.165, 1.54) is 35.3 Å².